The van der Waals surface area contributed by atoms with Crippen LogP contribution in [0.3, 0.4) is 0 Å². The topological polar surface area (TPSA) is 67.6 Å². The van der Waals surface area contributed by atoms with Gasteiger partial charge in [0.25, 0.3) is 0 Å². The Morgan fingerprint density at radius 2 is 2.10 bits per heavy atom. The molecule has 0 aromatic rings. The summed E-state index contributed by atoms with van der Waals surface area (Å²) in [5, 5.41) is 3.53. The van der Waals surface area contributed by atoms with Crippen LogP contribution in [0.2, 0.25) is 0 Å². The quantitative estimate of drug-likeness (QED) is 0.832. The smallest absolute Gasteiger partial charge is 0.411 e. The fraction of sp³-hybridized carbons (Fsp3) is 0.933. The summed E-state index contributed by atoms with van der Waals surface area (Å²) >= 11 is 0. The molecule has 116 valence electrons. The molecule has 20 heavy (non-hydrogen) atoms. The summed E-state index contributed by atoms with van der Waals surface area (Å²) in [7, 11) is 0. The van der Waals surface area contributed by atoms with Crippen molar-refractivity contribution >= 4 is 6.09 Å². The molecule has 0 aromatic carbocycles. The minimum Gasteiger partial charge on any atom is -0.444 e. The van der Waals surface area contributed by atoms with E-state index in [4.69, 9.17) is 10.5 Å². The van der Waals surface area contributed by atoms with E-state index in [1.165, 1.54) is 6.42 Å². The Morgan fingerprint density at radius 3 is 2.70 bits per heavy atom. The summed E-state index contributed by atoms with van der Waals surface area (Å²) in [6.45, 7) is 7.46. The van der Waals surface area contributed by atoms with Gasteiger partial charge < -0.3 is 10.5 Å². The third-order valence-electron chi connectivity index (χ3n) is 4.10. The van der Waals surface area contributed by atoms with Crippen LogP contribution in [0.25, 0.3) is 0 Å². The van der Waals surface area contributed by atoms with Gasteiger partial charge in [-0.15, -0.1) is 0 Å². The van der Waals surface area contributed by atoms with Crippen molar-refractivity contribution in [3.05, 3.63) is 0 Å². The molecule has 5 heteroatoms. The van der Waals surface area contributed by atoms with E-state index in [1.807, 2.05) is 25.7 Å². The fourth-order valence-electron chi connectivity index (χ4n) is 3.12. The molecule has 1 aliphatic carbocycles. The molecule has 0 bridgehead atoms. The largest absolute Gasteiger partial charge is 0.444 e. The third kappa shape index (κ3) is 4.35. The van der Waals surface area contributed by atoms with Gasteiger partial charge in [0.15, 0.2) is 0 Å². The first-order chi connectivity index (χ1) is 9.35. The minimum atomic E-state index is -0.428. The first-order valence-corrected chi connectivity index (χ1v) is 7.84. The zero-order valence-corrected chi connectivity index (χ0v) is 13.0. The van der Waals surface area contributed by atoms with Crippen molar-refractivity contribution in [1.29, 1.82) is 0 Å². The van der Waals surface area contributed by atoms with Gasteiger partial charge >= 0.3 is 6.09 Å². The molecule has 0 radical (unpaired) electrons. The van der Waals surface area contributed by atoms with E-state index in [9.17, 15) is 4.79 Å². The van der Waals surface area contributed by atoms with E-state index >= 15 is 0 Å². The molecule has 2 fully saturated rings. The minimum absolute atomic E-state index is 0.127. The Bertz CT molecular complexity index is 341. The molecule has 3 unspecified atom stereocenters. The SMILES string of the molecule is CC(C)(C)OC(=O)N1CCCC1NCC1CCC(N)C1. The summed E-state index contributed by atoms with van der Waals surface area (Å²) in [6.07, 6.45) is 5.42. The Hall–Kier alpha value is -0.810. The van der Waals surface area contributed by atoms with Crippen LogP contribution in [0, 0.1) is 5.92 Å². The highest BCUT2D eigenvalue weighted by atomic mass is 16.6. The average Bonchev–Trinajstić information content (AvgIpc) is 2.92. The maximum Gasteiger partial charge on any atom is 0.411 e. The molecule has 3 atom stereocenters. The molecular weight excluding hydrogens is 254 g/mol. The van der Waals surface area contributed by atoms with Crippen LogP contribution in [0.5, 0.6) is 0 Å². The van der Waals surface area contributed by atoms with Gasteiger partial charge in [-0.25, -0.2) is 4.79 Å². The molecule has 3 N–H and O–H groups in total. The number of carbonyl (C=O) groups is 1. The first-order valence-electron chi connectivity index (χ1n) is 7.84. The summed E-state index contributed by atoms with van der Waals surface area (Å²) in [4.78, 5) is 14.0. The van der Waals surface area contributed by atoms with Crippen molar-refractivity contribution in [3.63, 3.8) is 0 Å². The zero-order chi connectivity index (χ0) is 14.8. The Morgan fingerprint density at radius 1 is 1.35 bits per heavy atom. The summed E-state index contributed by atoms with van der Waals surface area (Å²) in [5.74, 6) is 0.658. The van der Waals surface area contributed by atoms with Gasteiger partial charge in [-0.3, -0.25) is 10.2 Å². The first kappa shape index (κ1) is 15.6. The van der Waals surface area contributed by atoms with E-state index in [-0.39, 0.29) is 12.3 Å². The molecule has 2 aliphatic rings. The van der Waals surface area contributed by atoms with Gasteiger partial charge in [0.05, 0.1) is 6.17 Å². The standard InChI is InChI=1S/C15H29N3O2/c1-15(2,3)20-14(19)18-8-4-5-13(18)17-10-11-6-7-12(16)9-11/h11-13,17H,4-10,16H2,1-3H3. The van der Waals surface area contributed by atoms with Crippen LogP contribution < -0.4 is 11.1 Å². The second-order valence-electron chi connectivity index (χ2n) is 7.18. The molecule has 0 spiro atoms. The molecule has 1 aliphatic heterocycles. The fourth-order valence-corrected chi connectivity index (χ4v) is 3.12. The Balaban J connectivity index is 1.80. The van der Waals surface area contributed by atoms with Gasteiger partial charge in [-0.1, -0.05) is 0 Å². The lowest BCUT2D eigenvalue weighted by molar-refractivity contribution is 0.0197. The second-order valence-corrected chi connectivity index (χ2v) is 7.18. The predicted octanol–water partition coefficient (Wildman–Crippen LogP) is 2.06. The highest BCUT2D eigenvalue weighted by Gasteiger charge is 2.32. The van der Waals surface area contributed by atoms with Crippen LogP contribution in [-0.4, -0.2) is 41.9 Å². The van der Waals surface area contributed by atoms with E-state index in [0.717, 1.165) is 38.8 Å². The molecule has 1 saturated carbocycles. The van der Waals surface area contributed by atoms with Crippen molar-refractivity contribution < 1.29 is 9.53 Å². The van der Waals surface area contributed by atoms with E-state index in [2.05, 4.69) is 5.32 Å². The number of likely N-dealkylation sites (tertiary alicyclic amines) is 1. The molecule has 2 rings (SSSR count). The summed E-state index contributed by atoms with van der Waals surface area (Å²) < 4.78 is 5.47. The van der Waals surface area contributed by atoms with Crippen LogP contribution in [0.4, 0.5) is 4.79 Å². The molecule has 1 saturated heterocycles. The van der Waals surface area contributed by atoms with Crippen LogP contribution >= 0.6 is 0 Å². The average molecular weight is 283 g/mol. The third-order valence-corrected chi connectivity index (χ3v) is 4.10. The number of nitrogens with zero attached hydrogens (tertiary/aromatic N) is 1. The normalized spacial score (nSPS) is 30.8. The summed E-state index contributed by atoms with van der Waals surface area (Å²) in [6, 6.07) is 0.368. The molecule has 5 nitrogen and oxygen atoms in total. The van der Waals surface area contributed by atoms with Crippen LogP contribution in [0.15, 0.2) is 0 Å². The lowest BCUT2D eigenvalue weighted by Gasteiger charge is -2.29. The number of carbonyl (C=O) groups excluding carboxylic acids is 1. The predicted molar refractivity (Wildman–Crippen MR) is 79.3 cm³/mol. The monoisotopic (exact) mass is 283 g/mol. The van der Waals surface area contributed by atoms with Crippen molar-refractivity contribution in [1.82, 2.24) is 10.2 Å². The van der Waals surface area contributed by atoms with Gasteiger partial charge in [0, 0.05) is 12.6 Å². The van der Waals surface area contributed by atoms with E-state index in [0.29, 0.717) is 12.0 Å². The number of hydrogen-bond acceptors (Lipinski definition) is 4. The Kier molecular flexibility index (Phi) is 4.91. The van der Waals surface area contributed by atoms with Gasteiger partial charge in [0.1, 0.15) is 5.60 Å². The highest BCUT2D eigenvalue weighted by molar-refractivity contribution is 5.68. The van der Waals surface area contributed by atoms with Crippen molar-refractivity contribution in [2.24, 2.45) is 11.7 Å². The summed E-state index contributed by atoms with van der Waals surface area (Å²) in [5.41, 5.74) is 5.51. The maximum absolute atomic E-state index is 12.2. The number of ether oxygens (including phenoxy) is 1. The zero-order valence-electron chi connectivity index (χ0n) is 13.0. The van der Waals surface area contributed by atoms with Crippen molar-refractivity contribution in [2.45, 2.75) is 70.7 Å². The van der Waals surface area contributed by atoms with Crippen molar-refractivity contribution in [3.8, 4) is 0 Å². The molecule has 1 heterocycles. The Labute approximate surface area is 122 Å². The number of rotatable bonds is 3. The molecule has 0 aromatic heterocycles. The van der Waals surface area contributed by atoms with Gasteiger partial charge in [-0.05, 0) is 65.3 Å². The van der Waals surface area contributed by atoms with Crippen molar-refractivity contribution in [2.75, 3.05) is 13.1 Å². The number of amides is 1. The number of nitrogens with one attached hydrogen (secondary N) is 1. The van der Waals surface area contributed by atoms with Gasteiger partial charge in [0.2, 0.25) is 0 Å². The number of hydrogen-bond donors (Lipinski definition) is 2. The lowest BCUT2D eigenvalue weighted by Crippen LogP contribution is -2.47. The van der Waals surface area contributed by atoms with E-state index < -0.39 is 5.60 Å². The molecular formula is C15H29N3O2. The van der Waals surface area contributed by atoms with Crippen LogP contribution in [-0.2, 0) is 4.74 Å². The molecule has 1 amide bonds. The highest BCUT2D eigenvalue weighted by Crippen LogP contribution is 2.25. The number of nitrogens with two attached hydrogens (primary N) is 1. The lowest BCUT2D eigenvalue weighted by atomic mass is 10.1. The van der Waals surface area contributed by atoms with E-state index in [1.54, 1.807) is 0 Å². The maximum atomic E-state index is 12.2. The second kappa shape index (κ2) is 6.31. The van der Waals surface area contributed by atoms with Crippen LogP contribution in [0.1, 0.15) is 52.9 Å². The van der Waals surface area contributed by atoms with Gasteiger partial charge in [-0.2, -0.15) is 0 Å².